The number of amides is 1. The number of hydrogen-bond donors (Lipinski definition) is 0. The van der Waals surface area contributed by atoms with Crippen LogP contribution in [0.2, 0.25) is 0 Å². The third-order valence-corrected chi connectivity index (χ3v) is 4.99. The van der Waals surface area contributed by atoms with Crippen molar-refractivity contribution in [2.24, 2.45) is 0 Å². The van der Waals surface area contributed by atoms with Gasteiger partial charge in [0.1, 0.15) is 6.61 Å². The van der Waals surface area contributed by atoms with Gasteiger partial charge in [-0.3, -0.25) is 9.48 Å². The van der Waals surface area contributed by atoms with Crippen LogP contribution in [0, 0.1) is 0 Å². The predicted octanol–water partition coefficient (Wildman–Crippen LogP) is 2.18. The van der Waals surface area contributed by atoms with Gasteiger partial charge in [-0.05, 0) is 6.42 Å². The van der Waals surface area contributed by atoms with Gasteiger partial charge in [-0.15, -0.1) is 0 Å². The maximum absolute atomic E-state index is 12.3. The van der Waals surface area contributed by atoms with Crippen molar-refractivity contribution in [1.82, 2.24) is 19.1 Å². The molecule has 0 spiro atoms. The molecule has 1 aliphatic heterocycles. The van der Waals surface area contributed by atoms with Gasteiger partial charge in [0.15, 0.2) is 10.8 Å². The van der Waals surface area contributed by atoms with Crippen LogP contribution >= 0.6 is 11.8 Å². The molecule has 0 aromatic carbocycles. The highest BCUT2D eigenvalue weighted by atomic mass is 32.2. The zero-order valence-corrected chi connectivity index (χ0v) is 14.3. The summed E-state index contributed by atoms with van der Waals surface area (Å²) in [5.41, 5.74) is 0.864. The van der Waals surface area contributed by atoms with E-state index in [4.69, 9.17) is 4.74 Å². The quantitative estimate of drug-likeness (QED) is 0.775. The highest BCUT2D eigenvalue weighted by molar-refractivity contribution is 8.14. The van der Waals surface area contributed by atoms with Gasteiger partial charge in [0.25, 0.3) is 0 Å². The summed E-state index contributed by atoms with van der Waals surface area (Å²) in [6.07, 6.45) is 7.51. The summed E-state index contributed by atoms with van der Waals surface area (Å²) >= 11 is 1.29. The lowest BCUT2D eigenvalue weighted by Crippen LogP contribution is -2.39. The lowest BCUT2D eigenvalue weighted by Gasteiger charge is -2.24. The highest BCUT2D eigenvalue weighted by Gasteiger charge is 2.37. The summed E-state index contributed by atoms with van der Waals surface area (Å²) in [4.78, 5) is 29.7. The van der Waals surface area contributed by atoms with E-state index in [1.54, 1.807) is 24.1 Å². The molecular formula is C16H20N4O3S. The van der Waals surface area contributed by atoms with Crippen LogP contribution in [0.4, 0.5) is 4.79 Å². The van der Waals surface area contributed by atoms with Crippen molar-refractivity contribution in [1.29, 1.82) is 0 Å². The van der Waals surface area contributed by atoms with Crippen LogP contribution in [0.25, 0.3) is 5.65 Å². The van der Waals surface area contributed by atoms with Crippen molar-refractivity contribution in [2.75, 3.05) is 13.2 Å². The van der Waals surface area contributed by atoms with Gasteiger partial charge in [-0.1, -0.05) is 24.4 Å². The van der Waals surface area contributed by atoms with Gasteiger partial charge in [0.05, 0.1) is 12.6 Å². The standard InChI is InChI=1S/C16H20N4O3S/c1-3-8-23-16(22)19-11-14(24-12(2)21)9-13(19)10-18-6-4-15-17-5-7-20(15)18/h3-7,13-14H,1,8-11H2,2H3/t13-,14-/m0/s1. The van der Waals surface area contributed by atoms with E-state index in [1.165, 1.54) is 11.8 Å². The first-order valence-corrected chi connectivity index (χ1v) is 8.66. The van der Waals surface area contributed by atoms with Crippen LogP contribution in [0.1, 0.15) is 13.3 Å². The summed E-state index contributed by atoms with van der Waals surface area (Å²) in [7, 11) is 0. The average Bonchev–Trinajstić information content (AvgIpc) is 3.22. The first-order chi connectivity index (χ1) is 11.6. The fourth-order valence-electron chi connectivity index (χ4n) is 3.04. The average molecular weight is 348 g/mol. The second-order valence-corrected chi connectivity index (χ2v) is 7.18. The normalized spacial score (nSPS) is 20.5. The third-order valence-electron chi connectivity index (χ3n) is 3.99. The number of imidazole rings is 1. The van der Waals surface area contributed by atoms with Crippen LogP contribution in [0.3, 0.4) is 0 Å². The number of thioether (sulfide) groups is 1. The van der Waals surface area contributed by atoms with Crippen molar-refractivity contribution in [3.63, 3.8) is 0 Å². The number of nitrogens with zero attached hydrogens (tertiary/aromatic N) is 4. The predicted molar refractivity (Wildman–Crippen MR) is 91.9 cm³/mol. The number of fused-ring (bicyclic) bond motifs is 1. The summed E-state index contributed by atoms with van der Waals surface area (Å²) in [6, 6.07) is 1.90. The minimum absolute atomic E-state index is 0.0304. The van der Waals surface area contributed by atoms with E-state index in [1.807, 2.05) is 27.7 Å². The molecular weight excluding hydrogens is 328 g/mol. The smallest absolute Gasteiger partial charge is 0.410 e. The molecule has 2 atom stereocenters. The molecule has 1 amide bonds. The molecule has 3 heterocycles. The Kier molecular flexibility index (Phi) is 4.94. The van der Waals surface area contributed by atoms with Gasteiger partial charge in [-0.2, -0.15) is 0 Å². The Balaban J connectivity index is 1.76. The van der Waals surface area contributed by atoms with E-state index in [-0.39, 0.29) is 29.1 Å². The Morgan fingerprint density at radius 2 is 2.33 bits per heavy atom. The van der Waals surface area contributed by atoms with Gasteiger partial charge in [-0.25, -0.2) is 14.3 Å². The third kappa shape index (κ3) is 3.48. The van der Waals surface area contributed by atoms with Crippen LogP contribution in [-0.4, -0.2) is 54.7 Å². The van der Waals surface area contributed by atoms with E-state index < -0.39 is 0 Å². The Morgan fingerprint density at radius 3 is 3.08 bits per heavy atom. The van der Waals surface area contributed by atoms with Gasteiger partial charge in [0, 0.05) is 43.4 Å². The van der Waals surface area contributed by atoms with Crippen molar-refractivity contribution in [3.8, 4) is 0 Å². The van der Waals surface area contributed by atoms with Gasteiger partial charge >= 0.3 is 6.09 Å². The molecule has 0 aliphatic carbocycles. The summed E-state index contributed by atoms with van der Waals surface area (Å²) in [5.74, 6) is 0. The van der Waals surface area contributed by atoms with Crippen molar-refractivity contribution in [3.05, 3.63) is 37.3 Å². The Bertz CT molecular complexity index is 753. The van der Waals surface area contributed by atoms with E-state index >= 15 is 0 Å². The van der Waals surface area contributed by atoms with Crippen molar-refractivity contribution in [2.45, 2.75) is 31.2 Å². The summed E-state index contributed by atoms with van der Waals surface area (Å²) in [6.45, 7) is 6.44. The second kappa shape index (κ2) is 7.12. The van der Waals surface area contributed by atoms with Crippen molar-refractivity contribution < 1.29 is 14.3 Å². The lowest BCUT2D eigenvalue weighted by molar-refractivity contribution is -0.109. The second-order valence-electron chi connectivity index (χ2n) is 5.71. The van der Waals surface area contributed by atoms with Crippen LogP contribution in [0.5, 0.6) is 0 Å². The molecule has 2 aromatic rings. The highest BCUT2D eigenvalue weighted by Crippen LogP contribution is 2.29. The molecule has 8 heteroatoms. The van der Waals surface area contributed by atoms with Gasteiger partial charge < -0.3 is 9.64 Å². The SMILES string of the molecule is C=CCOC(=O)N1C[C@@H](SC(C)=O)C[C@H]1Cn1ccc2nccn21. The first kappa shape index (κ1) is 16.6. The summed E-state index contributed by atoms with van der Waals surface area (Å²) in [5, 5.41) is 0.163. The largest absolute Gasteiger partial charge is 0.445 e. The van der Waals surface area contributed by atoms with E-state index in [0.29, 0.717) is 13.1 Å². The zero-order chi connectivity index (χ0) is 17.1. The molecule has 1 aliphatic rings. The number of carbonyl (C=O) groups excluding carboxylic acids is 2. The Hall–Kier alpha value is -2.22. The fourth-order valence-corrected chi connectivity index (χ4v) is 4.06. The Labute approximate surface area is 144 Å². The molecule has 0 bridgehead atoms. The van der Waals surface area contributed by atoms with Crippen LogP contribution in [0.15, 0.2) is 37.3 Å². The number of ether oxygens (including phenoxy) is 1. The molecule has 2 aromatic heterocycles. The van der Waals surface area contributed by atoms with E-state index in [2.05, 4.69) is 11.6 Å². The molecule has 3 rings (SSSR count). The van der Waals surface area contributed by atoms with Crippen LogP contribution < -0.4 is 0 Å². The molecule has 0 unspecified atom stereocenters. The topological polar surface area (TPSA) is 68.8 Å². The zero-order valence-electron chi connectivity index (χ0n) is 13.5. The van der Waals surface area contributed by atoms with Crippen LogP contribution in [-0.2, 0) is 16.1 Å². The summed E-state index contributed by atoms with van der Waals surface area (Å²) < 4.78 is 9.16. The molecule has 7 nitrogen and oxygen atoms in total. The molecule has 0 saturated carbocycles. The number of aromatic nitrogens is 3. The monoisotopic (exact) mass is 348 g/mol. The van der Waals surface area contributed by atoms with E-state index in [9.17, 15) is 9.59 Å². The molecule has 24 heavy (non-hydrogen) atoms. The van der Waals surface area contributed by atoms with E-state index in [0.717, 1.165) is 12.1 Å². The molecule has 1 saturated heterocycles. The molecule has 0 N–H and O–H groups in total. The minimum Gasteiger partial charge on any atom is -0.445 e. The first-order valence-electron chi connectivity index (χ1n) is 7.78. The maximum Gasteiger partial charge on any atom is 0.410 e. The number of rotatable bonds is 5. The lowest BCUT2D eigenvalue weighted by atomic mass is 10.2. The number of hydrogen-bond acceptors (Lipinski definition) is 5. The molecule has 1 fully saturated rings. The minimum atomic E-state index is -0.361. The number of carbonyl (C=O) groups is 2. The molecule has 128 valence electrons. The van der Waals surface area contributed by atoms with Gasteiger partial charge in [0.2, 0.25) is 0 Å². The fraction of sp³-hybridized carbons (Fsp3) is 0.438. The molecule has 0 radical (unpaired) electrons. The van der Waals surface area contributed by atoms with Crippen molar-refractivity contribution >= 4 is 28.6 Å². The maximum atomic E-state index is 12.3. The number of likely N-dealkylation sites (tertiary alicyclic amines) is 1. The Morgan fingerprint density at radius 1 is 1.50 bits per heavy atom.